The number of carbonyl (C=O) groups excluding carboxylic acids is 1. The van der Waals surface area contributed by atoms with Crippen molar-refractivity contribution in [2.75, 3.05) is 24.6 Å². The molecule has 6 nitrogen and oxygen atoms in total. The standard InChI is InChI=1S/C20H24ClN3O3/c1-4-24(5-2)16-7-6-15(19(25)11-16)12-22-23-20(26)13-27-17-8-9-18(21)14(3)10-17/h6-12,25H,4-5,13H2,1-3H3,(H,23,26). The molecule has 0 heterocycles. The summed E-state index contributed by atoms with van der Waals surface area (Å²) in [6.07, 6.45) is 1.39. The van der Waals surface area contributed by atoms with Gasteiger partial charge in [0.15, 0.2) is 6.61 Å². The van der Waals surface area contributed by atoms with Gasteiger partial charge in [-0.3, -0.25) is 4.79 Å². The number of benzene rings is 2. The van der Waals surface area contributed by atoms with Crippen molar-refractivity contribution in [3.63, 3.8) is 0 Å². The number of hydrogen-bond donors (Lipinski definition) is 2. The zero-order chi connectivity index (χ0) is 19.8. The number of aryl methyl sites for hydroxylation is 1. The molecule has 0 saturated carbocycles. The molecule has 2 N–H and O–H groups in total. The molecular weight excluding hydrogens is 366 g/mol. The fourth-order valence-corrected chi connectivity index (χ4v) is 2.61. The summed E-state index contributed by atoms with van der Waals surface area (Å²) in [5.74, 6) is 0.254. The second-order valence-electron chi connectivity index (χ2n) is 5.91. The summed E-state index contributed by atoms with van der Waals surface area (Å²) >= 11 is 5.95. The smallest absolute Gasteiger partial charge is 0.277 e. The Morgan fingerprint density at radius 3 is 2.63 bits per heavy atom. The summed E-state index contributed by atoms with van der Waals surface area (Å²) < 4.78 is 5.40. The Hall–Kier alpha value is -2.73. The number of hydrazone groups is 1. The van der Waals surface area contributed by atoms with Gasteiger partial charge < -0.3 is 14.7 Å². The van der Waals surface area contributed by atoms with Crippen LogP contribution in [-0.4, -0.2) is 36.9 Å². The Bertz CT molecular complexity index is 820. The fraction of sp³-hybridized carbons (Fsp3) is 0.300. The number of rotatable bonds is 8. The predicted octanol–water partition coefficient (Wildman–Crippen LogP) is 3.73. The Labute approximate surface area is 164 Å². The molecule has 0 aliphatic heterocycles. The number of aromatic hydroxyl groups is 1. The number of nitrogens with one attached hydrogen (secondary N) is 1. The third kappa shape index (κ3) is 5.89. The lowest BCUT2D eigenvalue weighted by Crippen LogP contribution is -2.24. The van der Waals surface area contributed by atoms with Gasteiger partial charge in [0.05, 0.1) is 6.21 Å². The van der Waals surface area contributed by atoms with Crippen LogP contribution in [0.15, 0.2) is 41.5 Å². The van der Waals surface area contributed by atoms with Crippen LogP contribution < -0.4 is 15.1 Å². The molecule has 0 fully saturated rings. The highest BCUT2D eigenvalue weighted by Gasteiger charge is 2.06. The Balaban J connectivity index is 1.88. The van der Waals surface area contributed by atoms with Crippen LogP contribution in [0.2, 0.25) is 5.02 Å². The van der Waals surface area contributed by atoms with Crippen molar-refractivity contribution in [1.29, 1.82) is 0 Å². The minimum atomic E-state index is -0.405. The summed E-state index contributed by atoms with van der Waals surface area (Å²) in [7, 11) is 0. The van der Waals surface area contributed by atoms with Crippen LogP contribution in [0.4, 0.5) is 5.69 Å². The van der Waals surface area contributed by atoms with Crippen LogP contribution in [0, 0.1) is 6.92 Å². The molecule has 2 aromatic rings. The summed E-state index contributed by atoms with van der Waals surface area (Å²) in [6, 6.07) is 10.5. The number of phenolic OH excluding ortho intramolecular Hbond substituents is 1. The Kier molecular flexibility index (Phi) is 7.49. The van der Waals surface area contributed by atoms with Gasteiger partial charge >= 0.3 is 0 Å². The molecule has 0 spiro atoms. The van der Waals surface area contributed by atoms with E-state index >= 15 is 0 Å². The van der Waals surface area contributed by atoms with Gasteiger partial charge in [-0.2, -0.15) is 5.10 Å². The number of phenols is 1. The molecular formula is C20H24ClN3O3. The SMILES string of the molecule is CCN(CC)c1ccc(C=NNC(=O)COc2ccc(Cl)c(C)c2)c(O)c1. The first-order valence-corrected chi connectivity index (χ1v) is 9.11. The second-order valence-corrected chi connectivity index (χ2v) is 6.32. The van der Waals surface area contributed by atoms with Gasteiger partial charge in [-0.25, -0.2) is 5.43 Å². The third-order valence-electron chi connectivity index (χ3n) is 4.03. The molecule has 0 saturated heterocycles. The molecule has 2 aromatic carbocycles. The molecule has 0 radical (unpaired) electrons. The molecule has 0 unspecified atom stereocenters. The van der Waals surface area contributed by atoms with Gasteiger partial charge in [0, 0.05) is 35.4 Å². The molecule has 0 aliphatic rings. The number of nitrogens with zero attached hydrogens (tertiary/aromatic N) is 2. The van der Waals surface area contributed by atoms with E-state index in [0.717, 1.165) is 24.3 Å². The van der Waals surface area contributed by atoms with Gasteiger partial charge in [-0.15, -0.1) is 0 Å². The van der Waals surface area contributed by atoms with Crippen molar-refractivity contribution in [3.8, 4) is 11.5 Å². The molecule has 0 atom stereocenters. The zero-order valence-corrected chi connectivity index (χ0v) is 16.5. The van der Waals surface area contributed by atoms with Crippen LogP contribution in [0.25, 0.3) is 0 Å². The van der Waals surface area contributed by atoms with E-state index < -0.39 is 5.91 Å². The average molecular weight is 390 g/mol. The number of amides is 1. The van der Waals surface area contributed by atoms with E-state index in [4.69, 9.17) is 16.3 Å². The summed E-state index contributed by atoms with van der Waals surface area (Å²) in [5, 5.41) is 14.6. The number of ether oxygens (including phenoxy) is 1. The summed E-state index contributed by atoms with van der Waals surface area (Å²) in [6.45, 7) is 7.50. The van der Waals surface area contributed by atoms with E-state index in [9.17, 15) is 9.90 Å². The van der Waals surface area contributed by atoms with E-state index in [0.29, 0.717) is 16.3 Å². The molecule has 27 heavy (non-hydrogen) atoms. The zero-order valence-electron chi connectivity index (χ0n) is 15.7. The first-order chi connectivity index (χ1) is 12.9. The molecule has 1 amide bonds. The maximum absolute atomic E-state index is 11.8. The number of carbonyl (C=O) groups is 1. The van der Waals surface area contributed by atoms with Crippen molar-refractivity contribution in [2.24, 2.45) is 5.10 Å². The topological polar surface area (TPSA) is 74.2 Å². The van der Waals surface area contributed by atoms with Gasteiger partial charge in [-0.1, -0.05) is 11.6 Å². The molecule has 7 heteroatoms. The monoisotopic (exact) mass is 389 g/mol. The maximum atomic E-state index is 11.8. The van der Waals surface area contributed by atoms with Crippen LogP contribution in [0.1, 0.15) is 25.0 Å². The summed E-state index contributed by atoms with van der Waals surface area (Å²) in [4.78, 5) is 13.9. The van der Waals surface area contributed by atoms with E-state index in [1.54, 1.807) is 30.3 Å². The fourth-order valence-electron chi connectivity index (χ4n) is 2.49. The Morgan fingerprint density at radius 2 is 2.00 bits per heavy atom. The van der Waals surface area contributed by atoms with E-state index in [2.05, 4.69) is 29.3 Å². The van der Waals surface area contributed by atoms with E-state index in [-0.39, 0.29) is 12.4 Å². The number of anilines is 1. The highest BCUT2D eigenvalue weighted by atomic mass is 35.5. The first kappa shape index (κ1) is 20.6. The van der Waals surface area contributed by atoms with Crippen molar-refractivity contribution in [1.82, 2.24) is 5.43 Å². The molecule has 0 aromatic heterocycles. The third-order valence-corrected chi connectivity index (χ3v) is 4.46. The highest BCUT2D eigenvalue weighted by molar-refractivity contribution is 6.31. The van der Waals surface area contributed by atoms with E-state index in [1.165, 1.54) is 6.21 Å². The molecule has 0 bridgehead atoms. The average Bonchev–Trinajstić information content (AvgIpc) is 2.65. The van der Waals surface area contributed by atoms with Crippen LogP contribution in [0.5, 0.6) is 11.5 Å². The molecule has 0 aliphatic carbocycles. The normalized spacial score (nSPS) is 10.8. The predicted molar refractivity (Wildman–Crippen MR) is 109 cm³/mol. The van der Waals surface area contributed by atoms with Crippen molar-refractivity contribution in [3.05, 3.63) is 52.5 Å². The van der Waals surface area contributed by atoms with Crippen molar-refractivity contribution < 1.29 is 14.6 Å². The van der Waals surface area contributed by atoms with Crippen LogP contribution in [0.3, 0.4) is 0 Å². The molecule has 2 rings (SSSR count). The minimum absolute atomic E-state index is 0.102. The quantitative estimate of drug-likeness (QED) is 0.533. The Morgan fingerprint density at radius 1 is 1.26 bits per heavy atom. The van der Waals surface area contributed by atoms with Gasteiger partial charge in [0.2, 0.25) is 0 Å². The van der Waals surface area contributed by atoms with Crippen molar-refractivity contribution in [2.45, 2.75) is 20.8 Å². The van der Waals surface area contributed by atoms with Gasteiger partial charge in [0.25, 0.3) is 5.91 Å². The van der Waals surface area contributed by atoms with Crippen molar-refractivity contribution >= 4 is 29.4 Å². The second kappa shape index (κ2) is 9.83. The van der Waals surface area contributed by atoms with Gasteiger partial charge in [0.1, 0.15) is 11.5 Å². The lowest BCUT2D eigenvalue weighted by Gasteiger charge is -2.21. The number of hydrogen-bond acceptors (Lipinski definition) is 5. The molecule has 144 valence electrons. The lowest BCUT2D eigenvalue weighted by molar-refractivity contribution is -0.123. The van der Waals surface area contributed by atoms with Gasteiger partial charge in [-0.05, 0) is 56.7 Å². The lowest BCUT2D eigenvalue weighted by atomic mass is 10.2. The maximum Gasteiger partial charge on any atom is 0.277 e. The summed E-state index contributed by atoms with van der Waals surface area (Å²) in [5.41, 5.74) is 4.69. The first-order valence-electron chi connectivity index (χ1n) is 8.73. The van der Waals surface area contributed by atoms with E-state index in [1.807, 2.05) is 13.0 Å². The minimum Gasteiger partial charge on any atom is -0.507 e. The highest BCUT2D eigenvalue weighted by Crippen LogP contribution is 2.23. The largest absolute Gasteiger partial charge is 0.507 e. The van der Waals surface area contributed by atoms with Crippen LogP contribution in [-0.2, 0) is 4.79 Å². The number of halogens is 1. The van der Waals surface area contributed by atoms with Crippen LogP contribution >= 0.6 is 11.6 Å².